The van der Waals surface area contributed by atoms with E-state index in [0.717, 1.165) is 17.3 Å². The molecule has 1 aliphatic rings. The second kappa shape index (κ2) is 28.5. The fourth-order valence-corrected chi connectivity index (χ4v) is 11.6. The average Bonchev–Trinajstić information content (AvgIpc) is 3.30. The monoisotopic (exact) mass is 867 g/mol. The molecule has 0 aliphatic heterocycles. The molecule has 0 spiro atoms. The van der Waals surface area contributed by atoms with Crippen LogP contribution >= 0.6 is 0 Å². The molecule has 0 heterocycles. The second-order valence-corrected chi connectivity index (χ2v) is 20.7. The Labute approximate surface area is 394 Å². The molecular weight excluding hydrogens is 773 g/mol. The van der Waals surface area contributed by atoms with Crippen LogP contribution in [0.4, 0.5) is 11.4 Å². The van der Waals surface area contributed by atoms with E-state index in [4.69, 9.17) is 11.5 Å². The van der Waals surface area contributed by atoms with E-state index in [-0.39, 0.29) is 5.41 Å². The Bertz CT molecular complexity index is 1730. The van der Waals surface area contributed by atoms with Gasteiger partial charge in [0.1, 0.15) is 0 Å². The van der Waals surface area contributed by atoms with Gasteiger partial charge < -0.3 is 11.5 Å². The Morgan fingerprint density at radius 1 is 0.438 bits per heavy atom. The predicted octanol–water partition coefficient (Wildman–Crippen LogP) is 19.0. The zero-order chi connectivity index (χ0) is 45.4. The van der Waals surface area contributed by atoms with Gasteiger partial charge in [-0.2, -0.15) is 0 Å². The van der Waals surface area contributed by atoms with Crippen molar-refractivity contribution in [2.45, 2.75) is 238 Å². The van der Waals surface area contributed by atoms with Crippen molar-refractivity contribution in [3.8, 4) is 0 Å². The number of hydrogen-bond donors (Lipinski definition) is 2. The van der Waals surface area contributed by atoms with Crippen LogP contribution in [0.25, 0.3) is 0 Å². The minimum Gasteiger partial charge on any atom is -0.399 e. The van der Waals surface area contributed by atoms with E-state index in [2.05, 4.69) is 120 Å². The summed E-state index contributed by atoms with van der Waals surface area (Å²) in [6.45, 7) is 11.5. The summed E-state index contributed by atoms with van der Waals surface area (Å²) in [6.07, 6.45) is 39.0. The molecule has 352 valence electrons. The molecule has 2 atom stereocenters. The number of benzene rings is 4. The summed E-state index contributed by atoms with van der Waals surface area (Å²) < 4.78 is 0. The minimum absolute atomic E-state index is 0.0448. The van der Waals surface area contributed by atoms with Crippen molar-refractivity contribution in [3.05, 3.63) is 129 Å². The van der Waals surface area contributed by atoms with E-state index in [1.54, 1.807) is 0 Å². The van der Waals surface area contributed by atoms with Crippen molar-refractivity contribution in [3.63, 3.8) is 0 Å². The molecule has 4 aromatic rings. The van der Waals surface area contributed by atoms with Crippen LogP contribution in [-0.4, -0.2) is 0 Å². The van der Waals surface area contributed by atoms with Gasteiger partial charge in [-0.15, -0.1) is 0 Å². The topological polar surface area (TPSA) is 52.0 Å². The summed E-state index contributed by atoms with van der Waals surface area (Å²) >= 11 is 0. The lowest BCUT2D eigenvalue weighted by Crippen LogP contribution is -2.33. The van der Waals surface area contributed by atoms with Gasteiger partial charge in [0, 0.05) is 28.6 Å². The number of nitrogens with two attached hydrogens (primary N) is 2. The van der Waals surface area contributed by atoms with Crippen molar-refractivity contribution < 1.29 is 0 Å². The molecule has 1 fully saturated rings. The van der Waals surface area contributed by atoms with Gasteiger partial charge in [0.15, 0.2) is 0 Å². The molecular formula is C62H94N2. The van der Waals surface area contributed by atoms with Crippen LogP contribution in [0, 0.1) is 19.8 Å². The van der Waals surface area contributed by atoms with E-state index < -0.39 is 0 Å². The van der Waals surface area contributed by atoms with Gasteiger partial charge in [0.05, 0.1) is 0 Å². The van der Waals surface area contributed by atoms with Crippen LogP contribution in [0.5, 0.6) is 0 Å². The number of nitrogen functional groups attached to an aromatic ring is 2. The van der Waals surface area contributed by atoms with Crippen LogP contribution in [0.15, 0.2) is 84.9 Å². The average molecular weight is 867 g/mol. The van der Waals surface area contributed by atoms with Gasteiger partial charge in [-0.05, 0) is 127 Å². The van der Waals surface area contributed by atoms with Crippen molar-refractivity contribution in [1.29, 1.82) is 0 Å². The smallest absolute Gasteiger partial charge is 0.0316 e. The Morgan fingerprint density at radius 3 is 1.14 bits per heavy atom. The Hall–Kier alpha value is -3.52. The second-order valence-electron chi connectivity index (χ2n) is 20.7. The highest BCUT2D eigenvalue weighted by molar-refractivity contribution is 5.51. The zero-order valence-corrected chi connectivity index (χ0v) is 42.0. The normalized spacial score (nSPS) is 17.4. The third-order valence-corrected chi connectivity index (χ3v) is 15.7. The molecule has 64 heavy (non-hydrogen) atoms. The molecule has 2 heteroatoms. The third-order valence-electron chi connectivity index (χ3n) is 15.7. The van der Waals surface area contributed by atoms with Crippen molar-refractivity contribution >= 4 is 11.4 Å². The molecule has 4 N–H and O–H groups in total. The highest BCUT2D eigenvalue weighted by Crippen LogP contribution is 2.49. The Balaban J connectivity index is 1.37. The summed E-state index contributed by atoms with van der Waals surface area (Å²) in [7, 11) is 0. The number of hydrogen-bond acceptors (Lipinski definition) is 2. The van der Waals surface area contributed by atoms with E-state index in [0.29, 0.717) is 11.8 Å². The van der Waals surface area contributed by atoms with E-state index >= 15 is 0 Å². The first-order valence-corrected chi connectivity index (χ1v) is 27.2. The molecule has 1 aliphatic carbocycles. The molecule has 4 aromatic carbocycles. The molecule has 5 rings (SSSR count). The summed E-state index contributed by atoms with van der Waals surface area (Å²) in [5.41, 5.74) is 25.8. The molecule has 1 saturated carbocycles. The summed E-state index contributed by atoms with van der Waals surface area (Å²) in [5.74, 6) is 1.65. The van der Waals surface area contributed by atoms with E-state index in [1.807, 2.05) is 0 Å². The fourth-order valence-electron chi connectivity index (χ4n) is 11.6. The molecule has 0 saturated heterocycles. The molecule has 2 unspecified atom stereocenters. The van der Waals surface area contributed by atoms with E-state index in [1.165, 1.54) is 231 Å². The van der Waals surface area contributed by atoms with Crippen molar-refractivity contribution in [2.24, 2.45) is 5.92 Å². The van der Waals surface area contributed by atoms with Crippen LogP contribution in [-0.2, 0) is 5.41 Å². The van der Waals surface area contributed by atoms with Gasteiger partial charge in [-0.3, -0.25) is 0 Å². The van der Waals surface area contributed by atoms with Crippen molar-refractivity contribution in [1.82, 2.24) is 0 Å². The third kappa shape index (κ3) is 15.8. The molecule has 0 bridgehead atoms. The molecule has 0 amide bonds. The molecule has 2 nitrogen and oxygen atoms in total. The number of anilines is 2. The predicted molar refractivity (Wildman–Crippen MR) is 283 cm³/mol. The molecule has 0 aromatic heterocycles. The fraction of sp³-hybridized carbons (Fsp3) is 0.613. The standard InChI is InChI=1S/C62H94N2/c1-6-9-12-15-18-19-20-21-22-25-28-51-43-45-62(46-44-51,54-35-31-52(32-36-54)60(29-26-23-16-13-10-7-2)58-41-39-56(63)47-49(58)4)55-37-33-53(34-38-55)61(30-27-24-17-14-11-8-3)59-42-40-57(64)48-50(59)5/h31-42,47-48,51,60-61H,6-30,43-46,63-64H2,1-5H3. The quantitative estimate of drug-likeness (QED) is 0.0391. The summed E-state index contributed by atoms with van der Waals surface area (Å²) in [4.78, 5) is 0. The first-order chi connectivity index (χ1) is 31.3. The van der Waals surface area contributed by atoms with Gasteiger partial charge in [-0.1, -0.05) is 229 Å². The van der Waals surface area contributed by atoms with Gasteiger partial charge >= 0.3 is 0 Å². The van der Waals surface area contributed by atoms with Gasteiger partial charge in [0.2, 0.25) is 0 Å². The van der Waals surface area contributed by atoms with E-state index in [9.17, 15) is 0 Å². The van der Waals surface area contributed by atoms with Crippen LogP contribution < -0.4 is 11.5 Å². The maximum atomic E-state index is 6.29. The van der Waals surface area contributed by atoms with Crippen LogP contribution in [0.3, 0.4) is 0 Å². The Morgan fingerprint density at radius 2 is 0.781 bits per heavy atom. The van der Waals surface area contributed by atoms with Crippen LogP contribution in [0.2, 0.25) is 0 Å². The van der Waals surface area contributed by atoms with Gasteiger partial charge in [0.25, 0.3) is 0 Å². The first-order valence-electron chi connectivity index (χ1n) is 27.2. The maximum absolute atomic E-state index is 6.29. The number of unbranched alkanes of at least 4 members (excludes halogenated alkanes) is 19. The summed E-state index contributed by atoms with van der Waals surface area (Å²) in [6, 6.07) is 33.5. The maximum Gasteiger partial charge on any atom is 0.0316 e. The highest BCUT2D eigenvalue weighted by Gasteiger charge is 2.38. The minimum atomic E-state index is 0.0448. The number of rotatable bonds is 31. The lowest BCUT2D eigenvalue weighted by molar-refractivity contribution is 0.250. The highest BCUT2D eigenvalue weighted by atomic mass is 14.5. The summed E-state index contributed by atoms with van der Waals surface area (Å²) in [5, 5.41) is 0. The Kier molecular flexibility index (Phi) is 22.9. The first kappa shape index (κ1) is 51.5. The largest absolute Gasteiger partial charge is 0.399 e. The lowest BCUT2D eigenvalue weighted by Gasteiger charge is -2.42. The van der Waals surface area contributed by atoms with Crippen molar-refractivity contribution in [2.75, 3.05) is 11.5 Å². The number of aryl methyl sites for hydroxylation is 2. The zero-order valence-electron chi connectivity index (χ0n) is 42.0. The lowest BCUT2D eigenvalue weighted by atomic mass is 9.62. The molecule has 0 radical (unpaired) electrons. The SMILES string of the molecule is CCCCCCCCCCCCC1CCC(c2ccc(C(CCCCCCCC)c3ccc(N)cc3C)cc2)(c2ccc(C(CCCCCCCC)c3ccc(N)cc3C)cc2)CC1. The van der Waals surface area contributed by atoms with Gasteiger partial charge in [-0.25, -0.2) is 0 Å². The van der Waals surface area contributed by atoms with Crippen LogP contribution in [0.1, 0.15) is 263 Å².